The van der Waals surface area contributed by atoms with Crippen molar-refractivity contribution in [2.45, 2.75) is 109 Å². The van der Waals surface area contributed by atoms with E-state index >= 15 is 0 Å². The van der Waals surface area contributed by atoms with E-state index < -0.39 is 51.0 Å². The van der Waals surface area contributed by atoms with Crippen LogP contribution in [-0.2, 0) is 85.9 Å². The molecule has 11 aromatic carbocycles. The van der Waals surface area contributed by atoms with Gasteiger partial charge in [0.1, 0.15) is 67.1 Å². The molecule has 0 unspecified atom stereocenters. The molecule has 1 aromatic heterocycles. The van der Waals surface area contributed by atoms with Gasteiger partial charge in [-0.1, -0.05) is 152 Å². The fraction of sp³-hybridized carbons (Fsp3) is 0.198. The molecule has 4 N–H and O–H groups in total. The van der Waals surface area contributed by atoms with Crippen molar-refractivity contribution in [3.63, 3.8) is 0 Å². The van der Waals surface area contributed by atoms with Gasteiger partial charge < -0.3 is 23.9 Å². The molecule has 14 rings (SSSR count). The molecule has 0 saturated carbocycles. The van der Waals surface area contributed by atoms with Crippen LogP contribution in [0.15, 0.2) is 233 Å². The number of anilines is 2. The highest BCUT2D eigenvalue weighted by Crippen LogP contribution is 2.42. The number of rotatable bonds is 25. The average Bonchev–Trinajstić information content (AvgIpc) is 0.746. The molecule has 0 spiro atoms. The van der Waals surface area contributed by atoms with Crippen LogP contribution in [0.2, 0.25) is 0 Å². The van der Waals surface area contributed by atoms with Crippen LogP contribution < -0.4 is 45.1 Å². The molecular weight excluding hydrogens is 1660 g/mol. The molecule has 2 aliphatic rings. The molecule has 3 heterocycles. The Kier molecular flexibility index (Phi) is 29.9. The van der Waals surface area contributed by atoms with Crippen molar-refractivity contribution in [3.8, 4) is 23.0 Å². The van der Waals surface area contributed by atoms with E-state index in [4.69, 9.17) is 22.1 Å². The normalized spacial score (nSPS) is 12.5. The van der Waals surface area contributed by atoms with Crippen LogP contribution in [-0.4, -0.2) is 101 Å². The van der Waals surface area contributed by atoms with Gasteiger partial charge in [-0.15, -0.1) is 17.0 Å². The van der Waals surface area contributed by atoms with Gasteiger partial charge in [0.25, 0.3) is 10.1 Å². The third kappa shape index (κ3) is 24.1. The first-order chi connectivity index (χ1) is 57.5. The number of hydrogen-bond acceptors (Lipinski definition) is 23. The van der Waals surface area contributed by atoms with Crippen LogP contribution in [0.3, 0.4) is 0 Å². The highest BCUT2D eigenvalue weighted by atomic mass is 32.2. The second kappa shape index (κ2) is 40.0. The monoisotopic (exact) mass is 1740 g/mol. The molecule has 2 aliphatic heterocycles. The standard InChI is InChI=1S/2C37H32O4S.C17H26N6O7S3.O3S/c2*1-23-9-7-10-24(2)32(23)19-27-15-17-29-34(21-27)41-35-22-28(20-33-25(3)11-8-12-26(33)4)16-18-30(35)37(29)31-13-5-6-14-36(31)42(38,39)40;1-29-30-31-18-10-4-8-15-21-16(9-5-11-19-32(2,24)25)23-17(22-15)20-13-6-3-7-14(12-13)33(26,27)28;1-4(2)3/h2*5-19,21-22H,20H2,1-4H3,(H,38,39,40);3,6-7,12,18-19H,4-5,8-11H2,1-2H3,(H,26,27,28)(H,20,21,22,23);/p-2/b2*27-19+;;. The van der Waals surface area contributed by atoms with E-state index in [9.17, 15) is 47.3 Å². The Morgan fingerprint density at radius 3 is 1.27 bits per heavy atom. The number of nitrogens with one attached hydrogen (secondary N) is 3. The molecule has 0 saturated heterocycles. The van der Waals surface area contributed by atoms with Crippen molar-refractivity contribution in [2.75, 3.05) is 31.8 Å². The first kappa shape index (κ1) is 90.6. The number of nitrogens with zero attached hydrogens (tertiary/aromatic N) is 3. The van der Waals surface area contributed by atoms with Crippen LogP contribution in [0.25, 0.3) is 23.3 Å². The zero-order valence-electron chi connectivity index (χ0n) is 67.8. The average molecular weight is 1750 g/mol. The molecule has 121 heavy (non-hydrogen) atoms. The van der Waals surface area contributed by atoms with E-state index in [-0.39, 0.29) is 27.2 Å². The van der Waals surface area contributed by atoms with E-state index in [0.29, 0.717) is 94.8 Å². The molecule has 12 aromatic rings. The molecule has 24 nitrogen and oxygen atoms in total. The van der Waals surface area contributed by atoms with Crippen LogP contribution in [0.5, 0.6) is 23.0 Å². The molecular formula is C91H88N6O18S6-2. The highest BCUT2D eigenvalue weighted by molar-refractivity contribution is 7.92. The number of aryl methyl sites for hydroxylation is 10. The minimum atomic E-state index is -4.72. The largest absolute Gasteiger partial charge is 0.744 e. The number of ether oxygens (including phenoxy) is 2. The van der Waals surface area contributed by atoms with E-state index in [1.807, 2.05) is 72.8 Å². The Bertz CT molecular complexity index is 6450. The second-order valence-corrected chi connectivity index (χ2v) is 35.9. The molecule has 0 amide bonds. The lowest BCUT2D eigenvalue weighted by Crippen LogP contribution is -2.23. The van der Waals surface area contributed by atoms with Crippen molar-refractivity contribution in [1.82, 2.24) is 24.4 Å². The minimum absolute atomic E-state index is 0.198. The Balaban J connectivity index is 0.000000175. The highest BCUT2D eigenvalue weighted by Gasteiger charge is 2.27. The topological polar surface area (TPSA) is 366 Å². The Morgan fingerprint density at radius 1 is 0.463 bits per heavy atom. The van der Waals surface area contributed by atoms with Gasteiger partial charge in [0.05, 0.1) is 28.1 Å². The Morgan fingerprint density at radius 2 is 0.868 bits per heavy atom. The van der Waals surface area contributed by atoms with Gasteiger partial charge in [-0.3, -0.25) is 4.55 Å². The minimum Gasteiger partial charge on any atom is -0.744 e. The number of benzene rings is 11. The summed E-state index contributed by atoms with van der Waals surface area (Å²) in [7, 11) is -18.8. The van der Waals surface area contributed by atoms with Crippen molar-refractivity contribution < 1.29 is 78.7 Å². The quantitative estimate of drug-likeness (QED) is 0.0103. The van der Waals surface area contributed by atoms with Gasteiger partial charge >= 0.3 is 10.6 Å². The van der Waals surface area contributed by atoms with Crippen molar-refractivity contribution >= 4 is 98.1 Å². The first-order valence-corrected chi connectivity index (χ1v) is 46.0. The molecule has 30 heteroatoms. The summed E-state index contributed by atoms with van der Waals surface area (Å²) in [5.41, 5.74) is 20.5. The number of fused-ring (bicyclic) bond motifs is 4. The lowest BCUT2D eigenvalue weighted by Gasteiger charge is -2.24. The molecule has 0 fully saturated rings. The maximum atomic E-state index is 12.4. The summed E-state index contributed by atoms with van der Waals surface area (Å²) < 4.78 is 177. The Hall–Kier alpha value is -11.2. The fourth-order valence-corrected chi connectivity index (χ4v) is 17.1. The van der Waals surface area contributed by atoms with Gasteiger partial charge in [0.2, 0.25) is 16.0 Å². The van der Waals surface area contributed by atoms with Gasteiger partial charge in [-0.05, 0) is 248 Å². The van der Waals surface area contributed by atoms with E-state index in [2.05, 4.69) is 179 Å². The van der Waals surface area contributed by atoms with Gasteiger partial charge in [-0.2, -0.15) is 18.4 Å². The van der Waals surface area contributed by atoms with Gasteiger partial charge in [0, 0.05) is 75.5 Å². The molecule has 628 valence electrons. The van der Waals surface area contributed by atoms with Crippen molar-refractivity contribution in [3.05, 3.63) is 351 Å². The molecule has 0 bridgehead atoms. The first-order valence-electron chi connectivity index (χ1n) is 38.1. The number of aromatic nitrogens is 3. The third-order valence-electron chi connectivity index (χ3n) is 20.1. The van der Waals surface area contributed by atoms with E-state index in [1.54, 1.807) is 42.5 Å². The Labute approximate surface area is 710 Å². The number of sulfonamides is 1. The summed E-state index contributed by atoms with van der Waals surface area (Å²) >= 11 is 0.952. The summed E-state index contributed by atoms with van der Waals surface area (Å²) in [6.45, 7) is 17.7. The lowest BCUT2D eigenvalue weighted by molar-refractivity contribution is -0.161. The predicted molar refractivity (Wildman–Crippen MR) is 465 cm³/mol. The van der Waals surface area contributed by atoms with E-state index in [1.165, 1.54) is 93.1 Å². The van der Waals surface area contributed by atoms with Crippen LogP contribution >= 0.6 is 12.2 Å². The molecule has 0 radical (unpaired) electrons. The summed E-state index contributed by atoms with van der Waals surface area (Å²) in [6, 6.07) is 67.4. The van der Waals surface area contributed by atoms with Crippen LogP contribution in [0, 0.1) is 55.4 Å². The maximum absolute atomic E-state index is 12.4. The third-order valence-corrected chi connectivity index (χ3v) is 24.0. The summed E-state index contributed by atoms with van der Waals surface area (Å²) in [5.74, 6) is 3.63. The second-order valence-electron chi connectivity index (χ2n) is 28.9. The van der Waals surface area contributed by atoms with Crippen LogP contribution in [0.1, 0.15) is 125 Å². The smallest absolute Gasteiger partial charge is 0.425 e. The van der Waals surface area contributed by atoms with Gasteiger partial charge in [0.15, 0.2) is 0 Å². The maximum Gasteiger partial charge on any atom is 0.425 e. The van der Waals surface area contributed by atoms with Crippen molar-refractivity contribution in [1.29, 1.82) is 0 Å². The number of hydrogen-bond donors (Lipinski definition) is 4. The zero-order valence-corrected chi connectivity index (χ0v) is 72.7. The fourth-order valence-electron chi connectivity index (χ4n) is 14.3. The lowest BCUT2D eigenvalue weighted by atomic mass is 9.90. The zero-order chi connectivity index (χ0) is 87.1. The summed E-state index contributed by atoms with van der Waals surface area (Å²) in [4.78, 5) is 16.8. The summed E-state index contributed by atoms with van der Waals surface area (Å²) in [5, 5.41) is 6.32. The van der Waals surface area contributed by atoms with Crippen molar-refractivity contribution in [2.24, 2.45) is 0 Å². The van der Waals surface area contributed by atoms with Crippen LogP contribution in [0.4, 0.5) is 11.6 Å². The summed E-state index contributed by atoms with van der Waals surface area (Å²) in [6.07, 6.45) is 8.89. The van der Waals surface area contributed by atoms with E-state index in [0.717, 1.165) is 85.6 Å². The SMILES string of the molecule is COOSNCCCc1nc(CCCNS(C)(=O)=O)nc(Nc2cccc(S(=O)(=O)O)c2)n1.Cc1cccc(C)c1/C=c1\ccc2c(c1)Oc1cc(Cc3c(C)cccc3C)ccc1C=2c1ccccc1S(=O)(=O)[O-].Cc1cccc(C)c1/C=c1\ccc2c(c1)Oc1cc(Cc3c(C)cccc3C)ccc1C=2c1ccccc1S(=O)(=O)[O-].O=S(=O)=O. The van der Waals surface area contributed by atoms with Gasteiger partial charge in [-0.25, -0.2) is 44.6 Å². The molecule has 0 atom stereocenters. The predicted octanol–water partition coefficient (Wildman–Crippen LogP) is 13.2. The molecule has 0 aliphatic carbocycles.